The molecule has 4 heterocycles. The summed E-state index contributed by atoms with van der Waals surface area (Å²) in [5.74, 6) is 0.0703. The van der Waals surface area contributed by atoms with Crippen molar-refractivity contribution in [2.75, 3.05) is 13.1 Å². The van der Waals surface area contributed by atoms with Crippen molar-refractivity contribution in [1.29, 1.82) is 0 Å². The predicted molar refractivity (Wildman–Crippen MR) is 114 cm³/mol. The monoisotopic (exact) mass is 399 g/mol. The lowest BCUT2D eigenvalue weighted by molar-refractivity contribution is -0.136. The molecule has 1 amide bonds. The number of aryl methyl sites for hydroxylation is 1. The van der Waals surface area contributed by atoms with E-state index in [0.29, 0.717) is 19.5 Å². The minimum Gasteiger partial charge on any atom is -0.350 e. The highest BCUT2D eigenvalue weighted by atomic mass is 16.2. The van der Waals surface area contributed by atoms with Crippen molar-refractivity contribution in [2.24, 2.45) is 7.05 Å². The van der Waals surface area contributed by atoms with Crippen molar-refractivity contribution in [3.8, 4) is 11.3 Å². The van der Waals surface area contributed by atoms with Gasteiger partial charge in [0.25, 0.3) is 5.56 Å². The van der Waals surface area contributed by atoms with Gasteiger partial charge in [-0.25, -0.2) is 4.68 Å². The Bertz CT molecular complexity index is 1290. The maximum atomic E-state index is 12.8. The molecule has 0 spiro atoms. The third-order valence-corrected chi connectivity index (χ3v) is 5.68. The molecule has 0 N–H and O–H groups in total. The number of fused-ring (bicyclic) bond motifs is 1. The zero-order valence-electron chi connectivity index (χ0n) is 16.6. The molecule has 7 nitrogen and oxygen atoms in total. The number of pyridine rings is 1. The number of hydrogen-bond acceptors (Lipinski definition) is 4. The highest BCUT2D eigenvalue weighted by Crippen LogP contribution is 2.25. The topological polar surface area (TPSA) is 73.0 Å². The highest BCUT2D eigenvalue weighted by molar-refractivity contribution is 5.89. The largest absolute Gasteiger partial charge is 0.350 e. The van der Waals surface area contributed by atoms with E-state index < -0.39 is 0 Å². The first-order valence-corrected chi connectivity index (χ1v) is 9.91. The molecule has 0 atom stereocenters. The number of hydrogen-bond donors (Lipinski definition) is 0. The first kappa shape index (κ1) is 18.3. The molecule has 30 heavy (non-hydrogen) atoms. The summed E-state index contributed by atoms with van der Waals surface area (Å²) in [5.41, 5.74) is 3.61. The van der Waals surface area contributed by atoms with E-state index in [1.807, 2.05) is 48.1 Å². The van der Waals surface area contributed by atoms with Crippen LogP contribution >= 0.6 is 0 Å². The number of nitrogens with zero attached hydrogens (tertiary/aromatic N) is 5. The lowest BCUT2D eigenvalue weighted by Crippen LogP contribution is -2.53. The summed E-state index contributed by atoms with van der Waals surface area (Å²) in [4.78, 5) is 30.9. The quantitative estimate of drug-likeness (QED) is 0.528. The van der Waals surface area contributed by atoms with E-state index in [-0.39, 0.29) is 17.5 Å². The summed E-state index contributed by atoms with van der Waals surface area (Å²) in [6.45, 7) is 0.993. The van der Waals surface area contributed by atoms with Gasteiger partial charge in [0.2, 0.25) is 5.91 Å². The van der Waals surface area contributed by atoms with Crippen LogP contribution in [0, 0.1) is 0 Å². The number of carbonyl (C=O) groups excluding carboxylic acids is 1. The van der Waals surface area contributed by atoms with Crippen LogP contribution in [0.15, 0.2) is 71.9 Å². The lowest BCUT2D eigenvalue weighted by atomic mass is 10.1. The van der Waals surface area contributed by atoms with Gasteiger partial charge < -0.3 is 9.47 Å². The van der Waals surface area contributed by atoms with Crippen LogP contribution in [0.3, 0.4) is 0 Å². The Hall–Kier alpha value is -3.74. The van der Waals surface area contributed by atoms with E-state index in [2.05, 4.69) is 16.1 Å². The number of para-hydroxylation sites is 1. The molecule has 0 radical (unpaired) electrons. The average Bonchev–Trinajstić information content (AvgIpc) is 3.04. The number of carbonyl (C=O) groups is 1. The van der Waals surface area contributed by atoms with Gasteiger partial charge in [0.15, 0.2) is 0 Å². The van der Waals surface area contributed by atoms with E-state index in [9.17, 15) is 9.59 Å². The molecular weight excluding hydrogens is 378 g/mol. The van der Waals surface area contributed by atoms with Gasteiger partial charge in [-0.3, -0.25) is 14.6 Å². The number of rotatable bonds is 4. The molecule has 4 aromatic rings. The molecule has 0 unspecified atom stereocenters. The molecule has 1 saturated heterocycles. The van der Waals surface area contributed by atoms with Crippen LogP contribution in [-0.2, 0) is 18.3 Å². The maximum absolute atomic E-state index is 12.8. The first-order chi connectivity index (χ1) is 14.6. The fourth-order valence-electron chi connectivity index (χ4n) is 4.02. The second kappa shape index (κ2) is 7.26. The molecule has 1 aliphatic heterocycles. The molecule has 1 fully saturated rings. The molecule has 150 valence electrons. The molecule has 0 saturated carbocycles. The van der Waals surface area contributed by atoms with Gasteiger partial charge >= 0.3 is 0 Å². The Kier molecular flexibility index (Phi) is 4.43. The van der Waals surface area contributed by atoms with Gasteiger partial charge in [0.1, 0.15) is 0 Å². The third kappa shape index (κ3) is 3.18. The molecule has 1 aliphatic rings. The summed E-state index contributed by atoms with van der Waals surface area (Å²) >= 11 is 0. The Morgan fingerprint density at radius 2 is 1.83 bits per heavy atom. The Balaban J connectivity index is 1.30. The van der Waals surface area contributed by atoms with Crippen LogP contribution in [0.2, 0.25) is 0 Å². The summed E-state index contributed by atoms with van der Waals surface area (Å²) in [6, 6.07) is 15.0. The molecule has 5 rings (SSSR count). The van der Waals surface area contributed by atoms with Gasteiger partial charge in [0.05, 0.1) is 18.2 Å². The van der Waals surface area contributed by atoms with Crippen LogP contribution < -0.4 is 5.56 Å². The third-order valence-electron chi connectivity index (χ3n) is 5.68. The standard InChI is InChI=1S/C23H21N5O2/c1-26-13-17(19-4-2-3-5-21(19)26)12-23(30)27-14-18(15-27)28-22(29)7-6-20(25-28)16-8-10-24-11-9-16/h2-11,13,18H,12,14-15H2,1H3. The van der Waals surface area contributed by atoms with E-state index in [0.717, 1.165) is 27.7 Å². The number of benzene rings is 1. The van der Waals surface area contributed by atoms with Crippen LogP contribution in [0.5, 0.6) is 0 Å². The van der Waals surface area contributed by atoms with E-state index in [4.69, 9.17) is 0 Å². The van der Waals surface area contributed by atoms with Crippen molar-refractivity contribution in [1.82, 2.24) is 24.2 Å². The Morgan fingerprint density at radius 3 is 2.63 bits per heavy atom. The molecule has 0 aliphatic carbocycles. The van der Waals surface area contributed by atoms with Crippen molar-refractivity contribution in [3.05, 3.63) is 83.0 Å². The summed E-state index contributed by atoms with van der Waals surface area (Å²) in [6.07, 6.45) is 5.77. The van der Waals surface area contributed by atoms with Gasteiger partial charge in [-0.1, -0.05) is 18.2 Å². The first-order valence-electron chi connectivity index (χ1n) is 9.91. The number of amides is 1. The van der Waals surface area contributed by atoms with Crippen LogP contribution in [0.1, 0.15) is 11.6 Å². The van der Waals surface area contributed by atoms with Crippen molar-refractivity contribution in [2.45, 2.75) is 12.5 Å². The number of likely N-dealkylation sites (tertiary alicyclic amines) is 1. The minimum atomic E-state index is -0.154. The SMILES string of the molecule is Cn1cc(CC(=O)N2CC(n3nc(-c4ccncc4)ccc3=O)C2)c2ccccc21. The van der Waals surface area contributed by atoms with Crippen molar-refractivity contribution >= 4 is 16.8 Å². The molecular formula is C23H21N5O2. The molecule has 3 aromatic heterocycles. The fourth-order valence-corrected chi connectivity index (χ4v) is 4.02. The van der Waals surface area contributed by atoms with E-state index in [1.54, 1.807) is 23.4 Å². The van der Waals surface area contributed by atoms with Crippen molar-refractivity contribution in [3.63, 3.8) is 0 Å². The highest BCUT2D eigenvalue weighted by Gasteiger charge is 2.33. The smallest absolute Gasteiger partial charge is 0.267 e. The van der Waals surface area contributed by atoms with Gasteiger partial charge in [-0.2, -0.15) is 5.10 Å². The second-order valence-corrected chi connectivity index (χ2v) is 7.65. The normalized spacial score (nSPS) is 14.1. The van der Waals surface area contributed by atoms with Gasteiger partial charge in [-0.05, 0) is 29.8 Å². The fraction of sp³-hybridized carbons (Fsp3) is 0.217. The summed E-state index contributed by atoms with van der Waals surface area (Å²) in [5, 5.41) is 5.63. The van der Waals surface area contributed by atoms with Crippen LogP contribution in [-0.4, -0.2) is 43.2 Å². The lowest BCUT2D eigenvalue weighted by Gasteiger charge is -2.39. The Morgan fingerprint density at radius 1 is 1.07 bits per heavy atom. The zero-order valence-corrected chi connectivity index (χ0v) is 16.6. The maximum Gasteiger partial charge on any atom is 0.267 e. The predicted octanol–water partition coefficient (Wildman–Crippen LogP) is 2.42. The Labute approximate surface area is 173 Å². The van der Waals surface area contributed by atoms with Crippen LogP contribution in [0.4, 0.5) is 0 Å². The van der Waals surface area contributed by atoms with Crippen molar-refractivity contribution < 1.29 is 4.79 Å². The van der Waals surface area contributed by atoms with Crippen LogP contribution in [0.25, 0.3) is 22.2 Å². The average molecular weight is 399 g/mol. The van der Waals surface area contributed by atoms with Gasteiger partial charge in [0, 0.05) is 61.3 Å². The molecule has 0 bridgehead atoms. The zero-order chi connectivity index (χ0) is 20.7. The van der Waals surface area contributed by atoms with Gasteiger partial charge in [-0.15, -0.1) is 0 Å². The van der Waals surface area contributed by atoms with E-state index in [1.165, 1.54) is 10.7 Å². The molecule has 7 heteroatoms. The minimum absolute atomic E-state index is 0.0703. The second-order valence-electron chi connectivity index (χ2n) is 7.65. The summed E-state index contributed by atoms with van der Waals surface area (Å²) < 4.78 is 3.54. The number of aromatic nitrogens is 4. The summed E-state index contributed by atoms with van der Waals surface area (Å²) in [7, 11) is 1.99. The van der Waals surface area contributed by atoms with E-state index >= 15 is 0 Å². The molecule has 1 aromatic carbocycles.